The molecule has 138 valence electrons. The molecular weight excluding hydrogens is 372 g/mol. The fourth-order valence-corrected chi connectivity index (χ4v) is 2.47. The van der Waals surface area contributed by atoms with Crippen molar-refractivity contribution in [1.82, 2.24) is 0 Å². The first-order valence-electron chi connectivity index (χ1n) is 7.96. The predicted molar refractivity (Wildman–Crippen MR) is 100 cm³/mol. The van der Waals surface area contributed by atoms with E-state index >= 15 is 0 Å². The third-order valence-electron chi connectivity index (χ3n) is 3.75. The number of amides is 1. The second-order valence-electron chi connectivity index (χ2n) is 5.72. The largest absolute Gasteiger partial charge is 0.486 e. The van der Waals surface area contributed by atoms with Gasteiger partial charge in [0.15, 0.2) is 5.76 Å². The molecule has 3 aromatic rings. The van der Waals surface area contributed by atoms with Gasteiger partial charge in [-0.2, -0.15) is 0 Å². The van der Waals surface area contributed by atoms with Crippen molar-refractivity contribution in [1.29, 1.82) is 0 Å². The van der Waals surface area contributed by atoms with Crippen LogP contribution in [-0.4, -0.2) is 10.8 Å². The number of furan rings is 1. The highest BCUT2D eigenvalue weighted by Crippen LogP contribution is 2.22. The first-order chi connectivity index (χ1) is 12.9. The van der Waals surface area contributed by atoms with Crippen molar-refractivity contribution < 1.29 is 18.9 Å². The maximum atomic E-state index is 12.3. The molecule has 1 N–H and O–H groups in total. The summed E-state index contributed by atoms with van der Waals surface area (Å²) in [6, 6.07) is 14.3. The molecule has 0 bridgehead atoms. The molecule has 1 aromatic heterocycles. The van der Waals surface area contributed by atoms with Crippen LogP contribution in [0.15, 0.2) is 59.0 Å². The Morgan fingerprint density at radius 1 is 1.19 bits per heavy atom. The highest BCUT2D eigenvalue weighted by molar-refractivity contribution is 6.30. The summed E-state index contributed by atoms with van der Waals surface area (Å²) in [5.41, 5.74) is 1.02. The number of nitro groups is 1. The number of halogens is 1. The standard InChI is InChI=1S/C19H15ClN2O5/c1-12-10-14(22(24)25)4-8-17(12)21-19(23)18-9-7-16(27-18)11-26-15-5-2-13(20)3-6-15/h2-10H,11H2,1H3,(H,21,23). The summed E-state index contributed by atoms with van der Waals surface area (Å²) >= 11 is 5.82. The topological polar surface area (TPSA) is 94.6 Å². The highest BCUT2D eigenvalue weighted by Gasteiger charge is 2.15. The van der Waals surface area contributed by atoms with Crippen LogP contribution in [0.25, 0.3) is 0 Å². The molecule has 0 radical (unpaired) electrons. The Labute approximate surface area is 159 Å². The van der Waals surface area contributed by atoms with Gasteiger partial charge < -0.3 is 14.5 Å². The summed E-state index contributed by atoms with van der Waals surface area (Å²) in [5, 5.41) is 14.1. The molecule has 2 aromatic carbocycles. The number of nitrogens with zero attached hydrogens (tertiary/aromatic N) is 1. The Morgan fingerprint density at radius 2 is 1.93 bits per heavy atom. The van der Waals surface area contributed by atoms with E-state index in [1.807, 2.05) is 0 Å². The molecule has 7 nitrogen and oxygen atoms in total. The van der Waals surface area contributed by atoms with Crippen molar-refractivity contribution in [3.05, 3.63) is 86.8 Å². The molecule has 8 heteroatoms. The number of carbonyl (C=O) groups is 1. The van der Waals surface area contributed by atoms with Crippen LogP contribution in [0, 0.1) is 17.0 Å². The molecule has 1 amide bonds. The van der Waals surface area contributed by atoms with E-state index in [1.165, 1.54) is 24.3 Å². The molecule has 0 unspecified atom stereocenters. The Balaban J connectivity index is 1.63. The van der Waals surface area contributed by atoms with Crippen LogP contribution in [-0.2, 0) is 6.61 Å². The molecule has 3 rings (SSSR count). The zero-order valence-corrected chi connectivity index (χ0v) is 15.0. The number of anilines is 1. The lowest BCUT2D eigenvalue weighted by molar-refractivity contribution is -0.384. The fraction of sp³-hybridized carbons (Fsp3) is 0.105. The summed E-state index contributed by atoms with van der Waals surface area (Å²) in [4.78, 5) is 22.6. The molecule has 0 aliphatic heterocycles. The number of hydrogen-bond acceptors (Lipinski definition) is 5. The number of carbonyl (C=O) groups excluding carboxylic acids is 1. The van der Waals surface area contributed by atoms with Gasteiger partial charge in [-0.25, -0.2) is 0 Å². The van der Waals surface area contributed by atoms with Crippen LogP contribution in [0.3, 0.4) is 0 Å². The maximum absolute atomic E-state index is 12.3. The molecule has 0 saturated heterocycles. The zero-order chi connectivity index (χ0) is 19.4. The number of aryl methyl sites for hydroxylation is 1. The minimum absolute atomic E-state index is 0.0369. The molecule has 0 spiro atoms. The van der Waals surface area contributed by atoms with Gasteiger partial charge in [-0.05, 0) is 55.0 Å². The Kier molecular flexibility index (Phi) is 5.42. The van der Waals surface area contributed by atoms with Crippen LogP contribution < -0.4 is 10.1 Å². The van der Waals surface area contributed by atoms with Gasteiger partial charge in [0.25, 0.3) is 11.6 Å². The summed E-state index contributed by atoms with van der Waals surface area (Å²) in [5.74, 6) is 0.769. The minimum atomic E-state index is -0.488. The van der Waals surface area contributed by atoms with E-state index in [0.29, 0.717) is 27.8 Å². The van der Waals surface area contributed by atoms with Gasteiger partial charge in [0.1, 0.15) is 18.1 Å². The van der Waals surface area contributed by atoms with E-state index in [-0.39, 0.29) is 18.1 Å². The van der Waals surface area contributed by atoms with Crippen molar-refractivity contribution in [3.8, 4) is 5.75 Å². The average molecular weight is 387 g/mol. The smallest absolute Gasteiger partial charge is 0.291 e. The molecule has 27 heavy (non-hydrogen) atoms. The molecular formula is C19H15ClN2O5. The maximum Gasteiger partial charge on any atom is 0.291 e. The van der Waals surface area contributed by atoms with Gasteiger partial charge in [-0.3, -0.25) is 14.9 Å². The lowest BCUT2D eigenvalue weighted by Gasteiger charge is -2.07. The molecule has 0 atom stereocenters. The number of ether oxygens (including phenoxy) is 1. The lowest BCUT2D eigenvalue weighted by atomic mass is 10.2. The van der Waals surface area contributed by atoms with Gasteiger partial charge in [0, 0.05) is 22.8 Å². The fourth-order valence-electron chi connectivity index (χ4n) is 2.35. The number of non-ortho nitro benzene ring substituents is 1. The molecule has 1 heterocycles. The van der Waals surface area contributed by atoms with Gasteiger partial charge >= 0.3 is 0 Å². The highest BCUT2D eigenvalue weighted by atomic mass is 35.5. The number of nitro benzene ring substituents is 1. The van der Waals surface area contributed by atoms with Crippen LogP contribution in [0.4, 0.5) is 11.4 Å². The van der Waals surface area contributed by atoms with E-state index in [0.717, 1.165) is 0 Å². The quantitative estimate of drug-likeness (QED) is 0.476. The SMILES string of the molecule is Cc1cc([N+](=O)[O-])ccc1NC(=O)c1ccc(COc2ccc(Cl)cc2)o1. The van der Waals surface area contributed by atoms with E-state index in [1.54, 1.807) is 37.3 Å². The number of rotatable bonds is 6. The third kappa shape index (κ3) is 4.65. The van der Waals surface area contributed by atoms with Gasteiger partial charge in [0.2, 0.25) is 0 Å². The Morgan fingerprint density at radius 3 is 2.59 bits per heavy atom. The van der Waals surface area contributed by atoms with Crippen molar-refractivity contribution >= 4 is 28.9 Å². The molecule has 0 aliphatic rings. The van der Waals surface area contributed by atoms with Crippen LogP contribution in [0.2, 0.25) is 5.02 Å². The van der Waals surface area contributed by atoms with E-state index in [4.69, 9.17) is 20.8 Å². The number of nitrogens with one attached hydrogen (secondary N) is 1. The van der Waals surface area contributed by atoms with Crippen LogP contribution >= 0.6 is 11.6 Å². The Bertz CT molecular complexity index is 982. The van der Waals surface area contributed by atoms with Gasteiger partial charge in [-0.15, -0.1) is 0 Å². The lowest BCUT2D eigenvalue weighted by Crippen LogP contribution is -2.12. The Hall–Kier alpha value is -3.32. The zero-order valence-electron chi connectivity index (χ0n) is 14.3. The first-order valence-corrected chi connectivity index (χ1v) is 8.33. The summed E-state index contributed by atoms with van der Waals surface area (Å²) < 4.78 is 11.1. The van der Waals surface area contributed by atoms with Gasteiger partial charge in [0.05, 0.1) is 4.92 Å². The van der Waals surface area contributed by atoms with Crippen molar-refractivity contribution in [2.45, 2.75) is 13.5 Å². The van der Waals surface area contributed by atoms with Crippen LogP contribution in [0.1, 0.15) is 21.9 Å². The van der Waals surface area contributed by atoms with E-state index in [2.05, 4.69) is 5.32 Å². The molecule has 0 aliphatic carbocycles. The van der Waals surface area contributed by atoms with E-state index < -0.39 is 10.8 Å². The first kappa shape index (κ1) is 18.5. The third-order valence-corrected chi connectivity index (χ3v) is 4.00. The molecule has 0 saturated carbocycles. The van der Waals surface area contributed by atoms with Crippen molar-refractivity contribution in [2.24, 2.45) is 0 Å². The monoisotopic (exact) mass is 386 g/mol. The normalized spacial score (nSPS) is 10.4. The molecule has 0 fully saturated rings. The predicted octanol–water partition coefficient (Wildman–Crippen LogP) is 4.98. The second-order valence-corrected chi connectivity index (χ2v) is 6.16. The summed E-state index contributed by atoms with van der Waals surface area (Å²) in [6.45, 7) is 1.83. The summed E-state index contributed by atoms with van der Waals surface area (Å²) in [6.07, 6.45) is 0. The summed E-state index contributed by atoms with van der Waals surface area (Å²) in [7, 11) is 0. The van der Waals surface area contributed by atoms with Crippen LogP contribution in [0.5, 0.6) is 5.75 Å². The van der Waals surface area contributed by atoms with Crippen molar-refractivity contribution in [2.75, 3.05) is 5.32 Å². The van der Waals surface area contributed by atoms with Gasteiger partial charge in [-0.1, -0.05) is 11.6 Å². The number of benzene rings is 2. The average Bonchev–Trinajstić information content (AvgIpc) is 3.12. The second kappa shape index (κ2) is 7.92. The van der Waals surface area contributed by atoms with Crippen molar-refractivity contribution in [3.63, 3.8) is 0 Å². The number of hydrogen-bond donors (Lipinski definition) is 1. The minimum Gasteiger partial charge on any atom is -0.486 e. The van der Waals surface area contributed by atoms with E-state index in [9.17, 15) is 14.9 Å².